The topological polar surface area (TPSA) is 72.6 Å². The second-order valence-corrected chi connectivity index (χ2v) is 4.71. The van der Waals surface area contributed by atoms with Crippen molar-refractivity contribution in [2.75, 3.05) is 7.11 Å². The number of nitro benzene ring substituents is 1. The van der Waals surface area contributed by atoms with Gasteiger partial charge < -0.3 is 9.84 Å². The third-order valence-corrected chi connectivity index (χ3v) is 3.41. The number of methoxy groups -OCH3 is 1. The molecule has 2 aromatic rings. The van der Waals surface area contributed by atoms with Gasteiger partial charge in [0.2, 0.25) is 5.60 Å². The number of nitro groups is 1. The third-order valence-electron chi connectivity index (χ3n) is 3.41. The first-order valence-corrected chi connectivity index (χ1v) is 6.39. The summed E-state index contributed by atoms with van der Waals surface area (Å²) in [6, 6.07) is 8.73. The first-order valence-electron chi connectivity index (χ1n) is 6.39. The first-order chi connectivity index (χ1) is 10.7. The van der Waals surface area contributed by atoms with Crippen LogP contribution >= 0.6 is 0 Å². The first kappa shape index (κ1) is 16.8. The van der Waals surface area contributed by atoms with Crippen molar-refractivity contribution in [2.24, 2.45) is 0 Å². The largest absolute Gasteiger partial charge is 0.497 e. The molecule has 0 aliphatic heterocycles. The Bertz CT molecular complexity index is 715. The Hall–Kier alpha value is -2.61. The van der Waals surface area contributed by atoms with Crippen molar-refractivity contribution < 1.29 is 27.9 Å². The number of nitrogens with zero attached hydrogens (tertiary/aromatic N) is 1. The number of aliphatic hydroxyl groups is 1. The summed E-state index contributed by atoms with van der Waals surface area (Å²) in [4.78, 5) is 10.1. The van der Waals surface area contributed by atoms with Gasteiger partial charge in [0.05, 0.1) is 17.6 Å². The summed E-state index contributed by atoms with van der Waals surface area (Å²) in [7, 11) is 1.34. The smallest absolute Gasteiger partial charge is 0.426 e. The summed E-state index contributed by atoms with van der Waals surface area (Å²) in [5.74, 6) is 0.292. The maximum atomic E-state index is 13.6. The molecule has 0 saturated carbocycles. The molecule has 0 aliphatic rings. The van der Waals surface area contributed by atoms with E-state index in [4.69, 9.17) is 4.74 Å². The Morgan fingerprint density at radius 1 is 1.09 bits per heavy atom. The van der Waals surface area contributed by atoms with Gasteiger partial charge in [0.25, 0.3) is 5.69 Å². The van der Waals surface area contributed by atoms with E-state index < -0.39 is 33.5 Å². The Balaban J connectivity index is 2.73. The number of hydrogen-bond donors (Lipinski definition) is 1. The molecular weight excluding hydrogens is 315 g/mol. The van der Waals surface area contributed by atoms with Gasteiger partial charge in [-0.1, -0.05) is 24.3 Å². The van der Waals surface area contributed by atoms with Crippen molar-refractivity contribution in [3.63, 3.8) is 0 Å². The standard InChI is InChI=1S/C15H12F3NO4/c1-23-11-8-6-10(7-9-11)14(20,15(16,17)18)12-4-2-3-5-13(12)19(21)22/h2-9,20H,1H3. The Labute approximate surface area is 129 Å². The molecule has 0 aliphatic carbocycles. The van der Waals surface area contributed by atoms with Gasteiger partial charge in [0, 0.05) is 6.07 Å². The van der Waals surface area contributed by atoms with Crippen LogP contribution in [0.25, 0.3) is 0 Å². The lowest BCUT2D eigenvalue weighted by Gasteiger charge is -2.31. The van der Waals surface area contributed by atoms with Crippen LogP contribution in [-0.4, -0.2) is 23.3 Å². The predicted molar refractivity (Wildman–Crippen MR) is 75.1 cm³/mol. The average Bonchev–Trinajstić information content (AvgIpc) is 2.53. The monoisotopic (exact) mass is 327 g/mol. The quantitative estimate of drug-likeness (QED) is 0.690. The lowest BCUT2D eigenvalue weighted by atomic mass is 9.84. The molecule has 0 radical (unpaired) electrons. The van der Waals surface area contributed by atoms with Crippen LogP contribution in [0.5, 0.6) is 5.75 Å². The van der Waals surface area contributed by atoms with Crippen LogP contribution in [0.1, 0.15) is 11.1 Å². The fourth-order valence-electron chi connectivity index (χ4n) is 2.24. The zero-order valence-electron chi connectivity index (χ0n) is 11.9. The van der Waals surface area contributed by atoms with Gasteiger partial charge in [-0.15, -0.1) is 0 Å². The van der Waals surface area contributed by atoms with E-state index in [0.29, 0.717) is 5.75 Å². The molecule has 2 aromatic carbocycles. The maximum absolute atomic E-state index is 13.6. The van der Waals surface area contributed by atoms with Gasteiger partial charge in [-0.3, -0.25) is 10.1 Å². The molecule has 0 heterocycles. The minimum Gasteiger partial charge on any atom is -0.497 e. The summed E-state index contributed by atoms with van der Waals surface area (Å²) in [5, 5.41) is 21.4. The second-order valence-electron chi connectivity index (χ2n) is 4.71. The zero-order chi connectivity index (χ0) is 17.3. The molecule has 2 rings (SSSR count). The SMILES string of the molecule is COc1ccc(C(O)(c2ccccc2[N+](=O)[O-])C(F)(F)F)cc1. The molecule has 23 heavy (non-hydrogen) atoms. The van der Waals surface area contributed by atoms with Gasteiger partial charge in [-0.25, -0.2) is 0 Å². The van der Waals surface area contributed by atoms with Crippen LogP contribution in [0.15, 0.2) is 48.5 Å². The van der Waals surface area contributed by atoms with Crippen LogP contribution in [-0.2, 0) is 5.60 Å². The zero-order valence-corrected chi connectivity index (χ0v) is 11.9. The summed E-state index contributed by atoms with van der Waals surface area (Å²) in [5.41, 5.74) is -5.71. The molecular formula is C15H12F3NO4. The molecule has 1 unspecified atom stereocenters. The molecule has 1 N–H and O–H groups in total. The predicted octanol–water partition coefficient (Wildman–Crippen LogP) is 3.40. The van der Waals surface area contributed by atoms with Gasteiger partial charge in [-0.05, 0) is 23.8 Å². The maximum Gasteiger partial charge on any atom is 0.426 e. The highest BCUT2D eigenvalue weighted by Crippen LogP contribution is 2.47. The summed E-state index contributed by atoms with van der Waals surface area (Å²) >= 11 is 0. The molecule has 0 saturated heterocycles. The van der Waals surface area contributed by atoms with Crippen molar-refractivity contribution in [3.05, 3.63) is 69.8 Å². The summed E-state index contributed by atoms with van der Waals surface area (Å²) in [6.45, 7) is 0. The Morgan fingerprint density at radius 3 is 2.13 bits per heavy atom. The van der Waals surface area contributed by atoms with E-state index in [-0.39, 0.29) is 0 Å². The molecule has 0 aromatic heterocycles. The van der Waals surface area contributed by atoms with Crippen LogP contribution in [0.3, 0.4) is 0 Å². The van der Waals surface area contributed by atoms with Crippen LogP contribution < -0.4 is 4.74 Å². The Kier molecular flexibility index (Phi) is 4.28. The van der Waals surface area contributed by atoms with E-state index in [1.54, 1.807) is 0 Å². The van der Waals surface area contributed by atoms with E-state index in [0.717, 1.165) is 24.3 Å². The minimum atomic E-state index is -5.16. The molecule has 0 fully saturated rings. The van der Waals surface area contributed by atoms with Gasteiger partial charge in [0.1, 0.15) is 5.75 Å². The Morgan fingerprint density at radius 2 is 1.65 bits per heavy atom. The highest BCUT2D eigenvalue weighted by Gasteiger charge is 2.58. The normalized spacial score (nSPS) is 14.1. The van der Waals surface area contributed by atoms with Crippen molar-refractivity contribution in [2.45, 2.75) is 11.8 Å². The average molecular weight is 327 g/mol. The van der Waals surface area contributed by atoms with Crippen molar-refractivity contribution in [3.8, 4) is 5.75 Å². The molecule has 5 nitrogen and oxygen atoms in total. The fourth-order valence-corrected chi connectivity index (χ4v) is 2.24. The molecule has 8 heteroatoms. The second kappa shape index (κ2) is 5.88. The summed E-state index contributed by atoms with van der Waals surface area (Å²) in [6.07, 6.45) is -5.16. The van der Waals surface area contributed by atoms with Crippen LogP contribution in [0.4, 0.5) is 18.9 Å². The van der Waals surface area contributed by atoms with E-state index in [1.807, 2.05) is 0 Å². The van der Waals surface area contributed by atoms with Crippen molar-refractivity contribution >= 4 is 5.69 Å². The van der Waals surface area contributed by atoms with Crippen molar-refractivity contribution in [1.29, 1.82) is 0 Å². The highest BCUT2D eigenvalue weighted by molar-refractivity contribution is 5.50. The van der Waals surface area contributed by atoms with E-state index >= 15 is 0 Å². The summed E-state index contributed by atoms with van der Waals surface area (Å²) < 4.78 is 45.7. The highest BCUT2D eigenvalue weighted by atomic mass is 19.4. The number of ether oxygens (including phenoxy) is 1. The molecule has 0 amide bonds. The number of halogens is 3. The lowest BCUT2D eigenvalue weighted by Crippen LogP contribution is -2.43. The van der Waals surface area contributed by atoms with Crippen LogP contribution in [0, 0.1) is 10.1 Å². The number of hydrogen-bond acceptors (Lipinski definition) is 4. The van der Waals surface area contributed by atoms with E-state index in [1.165, 1.54) is 31.4 Å². The van der Waals surface area contributed by atoms with Crippen LogP contribution in [0.2, 0.25) is 0 Å². The van der Waals surface area contributed by atoms with E-state index in [9.17, 15) is 28.4 Å². The molecule has 122 valence electrons. The lowest BCUT2D eigenvalue weighted by molar-refractivity contribution is -0.388. The fraction of sp³-hybridized carbons (Fsp3) is 0.200. The number of alkyl halides is 3. The van der Waals surface area contributed by atoms with E-state index in [2.05, 4.69) is 0 Å². The number of benzene rings is 2. The van der Waals surface area contributed by atoms with Gasteiger partial charge in [-0.2, -0.15) is 13.2 Å². The molecule has 0 bridgehead atoms. The molecule has 0 spiro atoms. The number of para-hydroxylation sites is 1. The van der Waals surface area contributed by atoms with Crippen molar-refractivity contribution in [1.82, 2.24) is 0 Å². The molecule has 1 atom stereocenters. The van der Waals surface area contributed by atoms with Gasteiger partial charge >= 0.3 is 6.18 Å². The number of rotatable bonds is 4. The minimum absolute atomic E-state index is 0.292. The van der Waals surface area contributed by atoms with Gasteiger partial charge in [0.15, 0.2) is 0 Å². The third kappa shape index (κ3) is 2.85.